The lowest BCUT2D eigenvalue weighted by Gasteiger charge is -2.40. The van der Waals surface area contributed by atoms with Crippen LogP contribution in [0, 0.1) is 0 Å². The van der Waals surface area contributed by atoms with Crippen LogP contribution in [0.15, 0.2) is 12.2 Å². The number of aliphatic hydroxyl groups excluding tert-OH is 5. The molecule has 1 amide bonds. The van der Waals surface area contributed by atoms with Gasteiger partial charge in [0.1, 0.15) is 24.4 Å². The maximum atomic E-state index is 12.7. The van der Waals surface area contributed by atoms with Gasteiger partial charge in [-0.25, -0.2) is 0 Å². The van der Waals surface area contributed by atoms with Crippen LogP contribution in [0.25, 0.3) is 0 Å². The van der Waals surface area contributed by atoms with Crippen molar-refractivity contribution in [2.75, 3.05) is 13.2 Å². The predicted octanol–water partition coefficient (Wildman–Crippen LogP) is 4.27. The molecule has 6 N–H and O–H groups in total. The molecule has 0 aliphatic carbocycles. The van der Waals surface area contributed by atoms with Crippen LogP contribution >= 0.6 is 0 Å². The third kappa shape index (κ3) is 17.0. The lowest BCUT2D eigenvalue weighted by molar-refractivity contribution is -0.302. The molecule has 1 fully saturated rings. The summed E-state index contributed by atoms with van der Waals surface area (Å²) in [5.41, 5.74) is 0. The van der Waals surface area contributed by atoms with Crippen molar-refractivity contribution in [2.24, 2.45) is 0 Å². The average molecular weight is 588 g/mol. The molecule has 1 aliphatic rings. The highest BCUT2D eigenvalue weighted by atomic mass is 16.7. The van der Waals surface area contributed by atoms with E-state index in [0.29, 0.717) is 6.42 Å². The highest BCUT2D eigenvalue weighted by Crippen LogP contribution is 2.22. The average Bonchev–Trinajstić information content (AvgIpc) is 2.97. The number of ether oxygens (including phenoxy) is 2. The van der Waals surface area contributed by atoms with Gasteiger partial charge in [-0.1, -0.05) is 116 Å². The number of carbonyl (C=O) groups is 1. The van der Waals surface area contributed by atoms with Crippen LogP contribution in [0.1, 0.15) is 129 Å². The molecule has 0 aromatic carbocycles. The normalized spacial score (nSPS) is 24.5. The van der Waals surface area contributed by atoms with Crippen molar-refractivity contribution >= 4 is 5.91 Å². The number of carbonyl (C=O) groups excluding carboxylic acids is 1. The lowest BCUT2D eigenvalue weighted by Crippen LogP contribution is -2.60. The number of hydrogen-bond donors (Lipinski definition) is 6. The third-order valence-electron chi connectivity index (χ3n) is 7.86. The molecule has 242 valence electrons. The van der Waals surface area contributed by atoms with Gasteiger partial charge in [0.05, 0.1) is 25.4 Å². The first-order chi connectivity index (χ1) is 19.8. The van der Waals surface area contributed by atoms with Gasteiger partial charge in [-0.05, 0) is 19.3 Å². The van der Waals surface area contributed by atoms with E-state index in [1.165, 1.54) is 70.6 Å². The van der Waals surface area contributed by atoms with E-state index in [4.69, 9.17) is 9.47 Å². The predicted molar refractivity (Wildman–Crippen MR) is 161 cm³/mol. The number of rotatable bonds is 25. The van der Waals surface area contributed by atoms with Crippen LogP contribution in [-0.2, 0) is 14.3 Å². The van der Waals surface area contributed by atoms with Crippen molar-refractivity contribution in [3.8, 4) is 0 Å². The number of aliphatic hydroxyl groups is 5. The van der Waals surface area contributed by atoms with E-state index in [1.54, 1.807) is 6.08 Å². The summed E-state index contributed by atoms with van der Waals surface area (Å²) < 4.78 is 11.1. The molecule has 1 rings (SSSR count). The van der Waals surface area contributed by atoms with Gasteiger partial charge in [0.25, 0.3) is 0 Å². The Bertz CT molecular complexity index is 662. The maximum Gasteiger partial charge on any atom is 0.220 e. The van der Waals surface area contributed by atoms with Gasteiger partial charge in [-0.3, -0.25) is 4.79 Å². The minimum atomic E-state index is -1.56. The Balaban J connectivity index is 2.56. The van der Waals surface area contributed by atoms with Crippen LogP contribution in [0.2, 0.25) is 0 Å². The molecule has 7 atom stereocenters. The first kappa shape index (κ1) is 38.0. The van der Waals surface area contributed by atoms with Crippen molar-refractivity contribution < 1.29 is 39.8 Å². The van der Waals surface area contributed by atoms with Gasteiger partial charge < -0.3 is 40.3 Å². The van der Waals surface area contributed by atoms with Crippen molar-refractivity contribution in [2.45, 2.75) is 172 Å². The molecule has 1 heterocycles. The van der Waals surface area contributed by atoms with Gasteiger partial charge in [0, 0.05) is 6.42 Å². The van der Waals surface area contributed by atoms with Crippen molar-refractivity contribution in [3.63, 3.8) is 0 Å². The Hall–Kier alpha value is -1.07. The molecule has 0 radical (unpaired) electrons. The van der Waals surface area contributed by atoms with E-state index in [2.05, 4.69) is 19.2 Å². The van der Waals surface area contributed by atoms with E-state index < -0.39 is 49.5 Å². The molecule has 41 heavy (non-hydrogen) atoms. The number of unbranched alkanes of at least 4 members (excludes halogenated alkanes) is 15. The fourth-order valence-electron chi connectivity index (χ4n) is 5.09. The molecule has 0 saturated carbocycles. The van der Waals surface area contributed by atoms with Crippen LogP contribution in [-0.4, -0.2) is 87.5 Å². The largest absolute Gasteiger partial charge is 0.394 e. The van der Waals surface area contributed by atoms with Crippen LogP contribution in [0.5, 0.6) is 0 Å². The van der Waals surface area contributed by atoms with Crippen molar-refractivity contribution in [3.05, 3.63) is 12.2 Å². The Morgan fingerprint density at radius 1 is 0.805 bits per heavy atom. The summed E-state index contributed by atoms with van der Waals surface area (Å²) in [7, 11) is 0. The summed E-state index contributed by atoms with van der Waals surface area (Å²) in [4.78, 5) is 12.7. The molecule has 9 heteroatoms. The summed E-state index contributed by atoms with van der Waals surface area (Å²) in [6, 6.07) is -0.793. The molecule has 0 aromatic rings. The zero-order valence-corrected chi connectivity index (χ0v) is 25.8. The summed E-state index contributed by atoms with van der Waals surface area (Å²) in [6.07, 6.45) is 15.6. The molecule has 2 unspecified atom stereocenters. The minimum Gasteiger partial charge on any atom is -0.394 e. The zero-order chi connectivity index (χ0) is 30.3. The second-order valence-electron chi connectivity index (χ2n) is 11.6. The van der Waals surface area contributed by atoms with Crippen molar-refractivity contribution in [1.82, 2.24) is 5.32 Å². The first-order valence-corrected chi connectivity index (χ1v) is 16.4. The van der Waals surface area contributed by atoms with E-state index in [1.807, 2.05) is 6.08 Å². The summed E-state index contributed by atoms with van der Waals surface area (Å²) in [5, 5.41) is 53.5. The topological polar surface area (TPSA) is 149 Å². The lowest BCUT2D eigenvalue weighted by atomic mass is 9.99. The smallest absolute Gasteiger partial charge is 0.220 e. The quantitative estimate of drug-likeness (QED) is 0.0685. The second-order valence-corrected chi connectivity index (χ2v) is 11.6. The Kier molecular flexibility index (Phi) is 22.6. The number of hydrogen-bond acceptors (Lipinski definition) is 8. The van der Waals surface area contributed by atoms with Gasteiger partial charge >= 0.3 is 0 Å². The van der Waals surface area contributed by atoms with E-state index in [0.717, 1.165) is 38.5 Å². The van der Waals surface area contributed by atoms with E-state index >= 15 is 0 Å². The van der Waals surface area contributed by atoms with Crippen LogP contribution < -0.4 is 5.32 Å². The third-order valence-corrected chi connectivity index (χ3v) is 7.86. The Morgan fingerprint density at radius 2 is 1.34 bits per heavy atom. The molecule has 0 spiro atoms. The number of amides is 1. The number of nitrogens with one attached hydrogen (secondary N) is 1. The standard InChI is InChI=1S/C32H61NO8/c1-3-5-7-9-11-13-14-15-17-19-21-26(35)25(33-28(36)22-20-18-16-12-10-8-6-4-2)24-40-32-31(39)30(38)29(37)27(23-34)41-32/h19,21,25-27,29-32,34-35,37-39H,3-18,20,22-24H2,1-2H3,(H,33,36)/b21-19+/t25-,26+,27+,29+,30?,31?,32+/m0/s1. The van der Waals surface area contributed by atoms with Crippen molar-refractivity contribution in [1.29, 1.82) is 0 Å². The maximum absolute atomic E-state index is 12.7. The van der Waals surface area contributed by atoms with Gasteiger partial charge in [0.15, 0.2) is 6.29 Å². The van der Waals surface area contributed by atoms with Crippen LogP contribution in [0.4, 0.5) is 0 Å². The van der Waals surface area contributed by atoms with Gasteiger partial charge in [0.2, 0.25) is 5.91 Å². The summed E-state index contributed by atoms with van der Waals surface area (Å²) in [6.45, 7) is 3.67. The molecule has 0 bridgehead atoms. The SMILES string of the molecule is CCCCCCCCCC/C=C/[C@@H](O)[C@H](CO[C@@H]1O[C@H](CO)[C@@H](O)C(O)C1O)NC(=O)CCCCCCCCCC. The number of allylic oxidation sites excluding steroid dienone is 1. The molecule has 1 aliphatic heterocycles. The van der Waals surface area contributed by atoms with Gasteiger partial charge in [-0.2, -0.15) is 0 Å². The monoisotopic (exact) mass is 587 g/mol. The van der Waals surface area contributed by atoms with E-state index in [9.17, 15) is 30.3 Å². The fraction of sp³-hybridized carbons (Fsp3) is 0.906. The Labute approximate surface area is 248 Å². The van der Waals surface area contributed by atoms with E-state index in [-0.39, 0.29) is 12.5 Å². The summed E-state index contributed by atoms with van der Waals surface area (Å²) in [5.74, 6) is -0.186. The zero-order valence-electron chi connectivity index (χ0n) is 25.8. The second kappa shape index (κ2) is 24.4. The molecule has 1 saturated heterocycles. The molecular formula is C32H61NO8. The summed E-state index contributed by atoms with van der Waals surface area (Å²) >= 11 is 0. The molecule has 9 nitrogen and oxygen atoms in total. The highest BCUT2D eigenvalue weighted by Gasteiger charge is 2.44. The minimum absolute atomic E-state index is 0.185. The van der Waals surface area contributed by atoms with Crippen LogP contribution in [0.3, 0.4) is 0 Å². The van der Waals surface area contributed by atoms with Gasteiger partial charge in [-0.15, -0.1) is 0 Å². The Morgan fingerprint density at radius 3 is 1.90 bits per heavy atom. The fourth-order valence-corrected chi connectivity index (χ4v) is 5.09. The first-order valence-electron chi connectivity index (χ1n) is 16.4. The molecular weight excluding hydrogens is 526 g/mol. The molecule has 0 aromatic heterocycles. The highest BCUT2D eigenvalue weighted by molar-refractivity contribution is 5.76.